The van der Waals surface area contributed by atoms with E-state index in [2.05, 4.69) is 5.10 Å². The highest BCUT2D eigenvalue weighted by Gasteiger charge is 2.11. The number of amides is 1. The van der Waals surface area contributed by atoms with Crippen molar-refractivity contribution in [1.82, 2.24) is 14.5 Å². The predicted molar refractivity (Wildman–Crippen MR) is 45.5 cm³/mol. The molecule has 1 aromatic heterocycles. The van der Waals surface area contributed by atoms with Crippen molar-refractivity contribution in [2.24, 2.45) is 7.05 Å². The van der Waals surface area contributed by atoms with Gasteiger partial charge in [-0.3, -0.25) is 9.48 Å². The summed E-state index contributed by atoms with van der Waals surface area (Å²) in [6.45, 7) is 0. The zero-order valence-electron chi connectivity index (χ0n) is 7.18. The van der Waals surface area contributed by atoms with Crippen LogP contribution in [0.25, 0.3) is 0 Å². The molecule has 1 rings (SSSR count). The van der Waals surface area contributed by atoms with Crippen LogP contribution in [0, 0.1) is 0 Å². The molecule has 1 aromatic rings. The molecule has 0 fully saturated rings. The number of rotatable bonds is 2. The van der Waals surface area contributed by atoms with E-state index in [1.165, 1.54) is 17.1 Å². The number of hydrogen-bond donors (Lipinski definition) is 1. The zero-order valence-corrected chi connectivity index (χ0v) is 8.00. The van der Waals surface area contributed by atoms with Crippen molar-refractivity contribution in [2.45, 2.75) is 0 Å². The van der Waals surface area contributed by atoms with Gasteiger partial charge in [0.05, 0.1) is 18.0 Å². The molecule has 1 heterocycles. The Kier molecular flexibility index (Phi) is 2.37. The molecule has 1 amide bonds. The number of nitrogens with one attached hydrogen (secondary N) is 1. The normalized spacial score (nSPS) is 11.2. The summed E-state index contributed by atoms with van der Waals surface area (Å²) in [4.78, 5) is 11.1. The molecule has 6 nitrogen and oxygen atoms in total. The summed E-state index contributed by atoms with van der Waals surface area (Å²) in [7, 11) is -1.86. The van der Waals surface area contributed by atoms with Crippen molar-refractivity contribution in [2.75, 3.05) is 6.26 Å². The number of carbonyl (C=O) groups is 1. The second-order valence-electron chi connectivity index (χ2n) is 2.61. The highest BCUT2D eigenvalue weighted by molar-refractivity contribution is 7.89. The summed E-state index contributed by atoms with van der Waals surface area (Å²) in [5.41, 5.74) is 0.216. The van der Waals surface area contributed by atoms with Gasteiger partial charge in [-0.2, -0.15) is 5.10 Å². The number of hydrogen-bond acceptors (Lipinski definition) is 4. The standard InChI is InChI=1S/C6H9N3O3S/c1-9-4-5(3-7-9)6(10)8-13(2,11)12/h3-4H,1-2H3,(H,8,10). The van der Waals surface area contributed by atoms with E-state index in [1.54, 1.807) is 7.05 Å². The van der Waals surface area contributed by atoms with Gasteiger partial charge in [-0.1, -0.05) is 0 Å². The van der Waals surface area contributed by atoms with Crippen molar-refractivity contribution in [3.05, 3.63) is 18.0 Å². The van der Waals surface area contributed by atoms with E-state index in [-0.39, 0.29) is 5.56 Å². The maximum atomic E-state index is 11.1. The van der Waals surface area contributed by atoms with Gasteiger partial charge in [-0.15, -0.1) is 0 Å². The Morgan fingerprint density at radius 2 is 2.23 bits per heavy atom. The number of nitrogens with zero attached hydrogens (tertiary/aromatic N) is 2. The lowest BCUT2D eigenvalue weighted by atomic mass is 10.4. The van der Waals surface area contributed by atoms with Crippen LogP contribution in [0.1, 0.15) is 10.4 Å². The lowest BCUT2D eigenvalue weighted by molar-refractivity contribution is 0.0981. The lowest BCUT2D eigenvalue weighted by Crippen LogP contribution is -2.28. The van der Waals surface area contributed by atoms with Crippen LogP contribution in [0.15, 0.2) is 12.4 Å². The summed E-state index contributed by atoms with van der Waals surface area (Å²) in [5.74, 6) is -0.671. The molecule has 0 aliphatic heterocycles. The predicted octanol–water partition coefficient (Wildman–Crippen LogP) is -0.890. The largest absolute Gasteiger partial charge is 0.275 e. The maximum absolute atomic E-state index is 11.1. The fourth-order valence-electron chi connectivity index (χ4n) is 0.766. The van der Waals surface area contributed by atoms with Crippen molar-refractivity contribution >= 4 is 15.9 Å². The Labute approximate surface area is 75.6 Å². The van der Waals surface area contributed by atoms with Crippen LogP contribution in [0.2, 0.25) is 0 Å². The molecule has 0 spiro atoms. The molecule has 0 aliphatic rings. The third kappa shape index (κ3) is 2.86. The average Bonchev–Trinajstić information content (AvgIpc) is 2.31. The van der Waals surface area contributed by atoms with Crippen molar-refractivity contribution < 1.29 is 13.2 Å². The molecule has 0 unspecified atom stereocenters. The fraction of sp³-hybridized carbons (Fsp3) is 0.333. The lowest BCUT2D eigenvalue weighted by Gasteiger charge is -1.98. The summed E-state index contributed by atoms with van der Waals surface area (Å²) in [5, 5.41) is 3.73. The molecule has 13 heavy (non-hydrogen) atoms. The van der Waals surface area contributed by atoms with Gasteiger partial charge in [0.2, 0.25) is 10.0 Å². The van der Waals surface area contributed by atoms with Crippen LogP contribution < -0.4 is 4.72 Å². The Balaban J connectivity index is 2.81. The van der Waals surface area contributed by atoms with Gasteiger partial charge in [-0.05, 0) is 0 Å². The first kappa shape index (κ1) is 9.72. The molecular weight excluding hydrogens is 194 g/mol. The van der Waals surface area contributed by atoms with Gasteiger partial charge in [0.15, 0.2) is 0 Å². The first-order valence-electron chi connectivity index (χ1n) is 3.39. The number of aromatic nitrogens is 2. The number of sulfonamides is 1. The van der Waals surface area contributed by atoms with Crippen LogP contribution in [0.3, 0.4) is 0 Å². The molecule has 72 valence electrons. The van der Waals surface area contributed by atoms with Gasteiger partial charge in [0.25, 0.3) is 5.91 Å². The van der Waals surface area contributed by atoms with Crippen LogP contribution in [0.5, 0.6) is 0 Å². The third-order valence-electron chi connectivity index (χ3n) is 1.25. The quantitative estimate of drug-likeness (QED) is 0.676. The van der Waals surface area contributed by atoms with Crippen LogP contribution >= 0.6 is 0 Å². The minimum absolute atomic E-state index is 0.216. The van der Waals surface area contributed by atoms with E-state index in [1.807, 2.05) is 4.72 Å². The number of aryl methyl sites for hydroxylation is 1. The first-order chi connectivity index (χ1) is 5.88. The van der Waals surface area contributed by atoms with Gasteiger partial charge in [0, 0.05) is 13.2 Å². The smallest absolute Gasteiger partial charge is 0.267 e. The second kappa shape index (κ2) is 3.17. The Morgan fingerprint density at radius 1 is 1.62 bits per heavy atom. The molecule has 0 saturated carbocycles. The summed E-state index contributed by atoms with van der Waals surface area (Å²) >= 11 is 0. The van der Waals surface area contributed by atoms with E-state index in [9.17, 15) is 13.2 Å². The molecule has 0 aromatic carbocycles. The third-order valence-corrected chi connectivity index (χ3v) is 1.80. The van der Waals surface area contributed by atoms with E-state index in [0.717, 1.165) is 6.26 Å². The number of carbonyl (C=O) groups excluding carboxylic acids is 1. The van der Waals surface area contributed by atoms with E-state index >= 15 is 0 Å². The Hall–Kier alpha value is -1.37. The van der Waals surface area contributed by atoms with E-state index in [0.29, 0.717) is 0 Å². The first-order valence-corrected chi connectivity index (χ1v) is 5.28. The molecular formula is C6H9N3O3S. The minimum atomic E-state index is -3.50. The van der Waals surface area contributed by atoms with E-state index in [4.69, 9.17) is 0 Å². The van der Waals surface area contributed by atoms with E-state index < -0.39 is 15.9 Å². The highest BCUT2D eigenvalue weighted by Crippen LogP contribution is 1.96. The molecule has 0 saturated heterocycles. The van der Waals surface area contributed by atoms with Gasteiger partial charge in [-0.25, -0.2) is 13.1 Å². The zero-order chi connectivity index (χ0) is 10.1. The van der Waals surface area contributed by atoms with Crippen molar-refractivity contribution in [1.29, 1.82) is 0 Å². The minimum Gasteiger partial charge on any atom is -0.275 e. The second-order valence-corrected chi connectivity index (χ2v) is 4.35. The molecule has 0 aliphatic carbocycles. The summed E-state index contributed by atoms with van der Waals surface area (Å²) in [6, 6.07) is 0. The highest BCUT2D eigenvalue weighted by atomic mass is 32.2. The molecule has 0 radical (unpaired) electrons. The van der Waals surface area contributed by atoms with Crippen molar-refractivity contribution in [3.8, 4) is 0 Å². The maximum Gasteiger partial charge on any atom is 0.267 e. The molecule has 7 heteroatoms. The topological polar surface area (TPSA) is 81.1 Å². The van der Waals surface area contributed by atoms with Crippen LogP contribution in [-0.2, 0) is 17.1 Å². The Bertz CT molecular complexity index is 420. The monoisotopic (exact) mass is 203 g/mol. The van der Waals surface area contributed by atoms with Crippen LogP contribution in [0.4, 0.5) is 0 Å². The summed E-state index contributed by atoms with van der Waals surface area (Å²) in [6.07, 6.45) is 3.64. The molecule has 1 N–H and O–H groups in total. The Morgan fingerprint density at radius 3 is 2.62 bits per heavy atom. The van der Waals surface area contributed by atoms with Gasteiger partial charge >= 0.3 is 0 Å². The van der Waals surface area contributed by atoms with Gasteiger partial charge in [0.1, 0.15) is 0 Å². The average molecular weight is 203 g/mol. The summed E-state index contributed by atoms with van der Waals surface area (Å²) < 4.78 is 24.6. The molecule has 0 atom stereocenters. The fourth-order valence-corrected chi connectivity index (χ4v) is 1.22. The van der Waals surface area contributed by atoms with Gasteiger partial charge < -0.3 is 0 Å². The van der Waals surface area contributed by atoms with Crippen molar-refractivity contribution in [3.63, 3.8) is 0 Å². The van der Waals surface area contributed by atoms with Crippen LogP contribution in [-0.4, -0.2) is 30.4 Å². The SMILES string of the molecule is Cn1cc(C(=O)NS(C)(=O)=O)cn1. The molecule has 0 bridgehead atoms.